The fourth-order valence-electron chi connectivity index (χ4n) is 1.84. The van der Waals surface area contributed by atoms with Gasteiger partial charge in [-0.2, -0.15) is 0 Å². The maximum atomic E-state index is 5.77. The summed E-state index contributed by atoms with van der Waals surface area (Å²) in [6.07, 6.45) is 0.929. The first-order valence-corrected chi connectivity index (χ1v) is 6.07. The molecule has 0 atom stereocenters. The van der Waals surface area contributed by atoms with Crippen LogP contribution in [0.3, 0.4) is 0 Å². The molecule has 1 aliphatic rings. The van der Waals surface area contributed by atoms with Gasteiger partial charge in [-0.05, 0) is 24.3 Å². The van der Waals surface area contributed by atoms with Gasteiger partial charge in [0.25, 0.3) is 0 Å². The van der Waals surface area contributed by atoms with E-state index in [4.69, 9.17) is 4.42 Å². The molecule has 0 amide bonds. The minimum atomic E-state index is 0. The van der Waals surface area contributed by atoms with E-state index in [2.05, 4.69) is 26.2 Å². The molecule has 2 aromatic rings. The van der Waals surface area contributed by atoms with E-state index in [0.717, 1.165) is 46.9 Å². The highest BCUT2D eigenvalue weighted by atomic mass is 79.9. The summed E-state index contributed by atoms with van der Waals surface area (Å²) < 4.78 is 6.83. The Morgan fingerprint density at radius 1 is 1.24 bits per heavy atom. The average Bonchev–Trinajstić information content (AvgIpc) is 2.73. The van der Waals surface area contributed by atoms with Crippen molar-refractivity contribution in [3.63, 3.8) is 0 Å². The van der Waals surface area contributed by atoms with Crippen molar-refractivity contribution >= 4 is 28.3 Å². The third kappa shape index (κ3) is 2.54. The number of hydrogen-bond acceptors (Lipinski definition) is 3. The van der Waals surface area contributed by atoms with Crippen LogP contribution in [0.5, 0.6) is 0 Å². The first-order valence-electron chi connectivity index (χ1n) is 5.28. The second-order valence-corrected chi connectivity index (χ2v) is 4.74. The molecular weight excluding hydrogens is 304 g/mol. The number of nitrogens with one attached hydrogen (secondary N) is 1. The van der Waals surface area contributed by atoms with Crippen LogP contribution in [0.2, 0.25) is 0 Å². The van der Waals surface area contributed by atoms with E-state index in [1.54, 1.807) is 0 Å². The van der Waals surface area contributed by atoms with Crippen molar-refractivity contribution in [1.82, 2.24) is 10.3 Å². The van der Waals surface area contributed by atoms with Crippen LogP contribution in [0, 0.1) is 0 Å². The van der Waals surface area contributed by atoms with Crippen LogP contribution < -0.4 is 5.32 Å². The zero-order valence-corrected chi connectivity index (χ0v) is 11.5. The molecular formula is C12H12BrClN2O. The van der Waals surface area contributed by atoms with Crippen LogP contribution in [-0.2, 0) is 13.0 Å². The summed E-state index contributed by atoms with van der Waals surface area (Å²) in [7, 11) is 0. The smallest absolute Gasteiger partial charge is 0.226 e. The summed E-state index contributed by atoms with van der Waals surface area (Å²) in [6.45, 7) is 1.79. The van der Waals surface area contributed by atoms with Gasteiger partial charge in [0.15, 0.2) is 0 Å². The van der Waals surface area contributed by atoms with Crippen molar-refractivity contribution in [3.8, 4) is 11.5 Å². The lowest BCUT2D eigenvalue weighted by Crippen LogP contribution is -2.22. The number of halogens is 2. The topological polar surface area (TPSA) is 38.1 Å². The fraction of sp³-hybridized carbons (Fsp3) is 0.250. The number of aromatic nitrogens is 1. The second kappa shape index (κ2) is 5.21. The molecule has 0 saturated heterocycles. The van der Waals surface area contributed by atoms with Gasteiger partial charge in [-0.1, -0.05) is 15.9 Å². The normalized spacial score (nSPS) is 13.9. The molecule has 17 heavy (non-hydrogen) atoms. The Morgan fingerprint density at radius 3 is 2.71 bits per heavy atom. The van der Waals surface area contributed by atoms with Crippen LogP contribution in [0.4, 0.5) is 0 Å². The maximum Gasteiger partial charge on any atom is 0.226 e. The highest BCUT2D eigenvalue weighted by molar-refractivity contribution is 9.10. The van der Waals surface area contributed by atoms with E-state index in [1.165, 1.54) is 0 Å². The summed E-state index contributed by atoms with van der Waals surface area (Å²) in [6, 6.07) is 8.01. The maximum absolute atomic E-state index is 5.77. The first-order chi connectivity index (χ1) is 7.83. The molecule has 0 aliphatic carbocycles. The van der Waals surface area contributed by atoms with Gasteiger partial charge in [-0.25, -0.2) is 4.98 Å². The summed E-state index contributed by atoms with van der Waals surface area (Å²) in [5.74, 6) is 1.75. The van der Waals surface area contributed by atoms with Crippen LogP contribution in [0.1, 0.15) is 11.5 Å². The van der Waals surface area contributed by atoms with Crippen molar-refractivity contribution in [2.24, 2.45) is 0 Å². The molecule has 0 bridgehead atoms. The van der Waals surface area contributed by atoms with E-state index in [1.807, 2.05) is 24.3 Å². The van der Waals surface area contributed by atoms with Gasteiger partial charge >= 0.3 is 0 Å². The molecule has 1 N–H and O–H groups in total. The number of benzene rings is 1. The summed E-state index contributed by atoms with van der Waals surface area (Å²) in [5.41, 5.74) is 2.07. The monoisotopic (exact) mass is 314 g/mol. The van der Waals surface area contributed by atoms with Gasteiger partial charge in [0.05, 0.1) is 5.69 Å². The molecule has 0 spiro atoms. The average molecular weight is 316 g/mol. The molecule has 1 aromatic heterocycles. The summed E-state index contributed by atoms with van der Waals surface area (Å²) in [4.78, 5) is 4.51. The lowest BCUT2D eigenvalue weighted by molar-refractivity contribution is 0.483. The minimum Gasteiger partial charge on any atom is -0.441 e. The Labute approximate surface area is 114 Å². The Hall–Kier alpha value is -0.840. The van der Waals surface area contributed by atoms with Gasteiger partial charge in [0.2, 0.25) is 5.89 Å². The van der Waals surface area contributed by atoms with Crippen LogP contribution in [-0.4, -0.2) is 11.5 Å². The largest absolute Gasteiger partial charge is 0.441 e. The third-order valence-corrected chi connectivity index (χ3v) is 3.22. The van der Waals surface area contributed by atoms with Crippen molar-refractivity contribution < 1.29 is 4.42 Å². The molecule has 5 heteroatoms. The van der Waals surface area contributed by atoms with Crippen molar-refractivity contribution in [2.45, 2.75) is 13.0 Å². The summed E-state index contributed by atoms with van der Waals surface area (Å²) >= 11 is 3.41. The number of rotatable bonds is 1. The fourth-order valence-corrected chi connectivity index (χ4v) is 2.11. The summed E-state index contributed by atoms with van der Waals surface area (Å²) in [5, 5.41) is 3.28. The van der Waals surface area contributed by atoms with E-state index < -0.39 is 0 Å². The first kappa shape index (κ1) is 12.6. The second-order valence-electron chi connectivity index (χ2n) is 3.82. The standard InChI is InChI=1S/C12H11BrN2O.ClH/c13-9-3-1-8(2-4-9)12-15-10-7-14-6-5-11(10)16-12;/h1-4,14H,5-7H2;1H. The molecule has 0 unspecified atom stereocenters. The Bertz CT molecular complexity index is 486. The molecule has 90 valence electrons. The predicted octanol–water partition coefficient (Wildman–Crippen LogP) is 3.17. The SMILES string of the molecule is Brc1ccc(-c2nc3c(o2)CCNC3)cc1.Cl. The highest BCUT2D eigenvalue weighted by Crippen LogP contribution is 2.25. The quantitative estimate of drug-likeness (QED) is 0.878. The van der Waals surface area contributed by atoms with Gasteiger partial charge in [-0.15, -0.1) is 12.4 Å². The molecule has 3 rings (SSSR count). The zero-order valence-electron chi connectivity index (χ0n) is 9.07. The predicted molar refractivity (Wildman–Crippen MR) is 72.3 cm³/mol. The Kier molecular flexibility index (Phi) is 3.86. The lowest BCUT2D eigenvalue weighted by atomic mass is 10.2. The Morgan fingerprint density at radius 2 is 2.00 bits per heavy atom. The van der Waals surface area contributed by atoms with Crippen molar-refractivity contribution in [3.05, 3.63) is 40.2 Å². The molecule has 1 aromatic carbocycles. The number of hydrogen-bond donors (Lipinski definition) is 1. The van der Waals surface area contributed by atoms with Crippen LogP contribution in [0.25, 0.3) is 11.5 Å². The van der Waals surface area contributed by atoms with E-state index in [0.29, 0.717) is 0 Å². The Balaban J connectivity index is 0.00000108. The van der Waals surface area contributed by atoms with Crippen LogP contribution >= 0.6 is 28.3 Å². The van der Waals surface area contributed by atoms with E-state index >= 15 is 0 Å². The van der Waals surface area contributed by atoms with Crippen molar-refractivity contribution in [2.75, 3.05) is 6.54 Å². The lowest BCUT2D eigenvalue weighted by Gasteiger charge is -2.08. The molecule has 0 radical (unpaired) electrons. The molecule has 0 saturated carbocycles. The molecule has 3 nitrogen and oxygen atoms in total. The molecule has 0 fully saturated rings. The van der Waals surface area contributed by atoms with E-state index in [-0.39, 0.29) is 12.4 Å². The van der Waals surface area contributed by atoms with Gasteiger partial charge < -0.3 is 9.73 Å². The highest BCUT2D eigenvalue weighted by Gasteiger charge is 2.17. The molecule has 1 aliphatic heterocycles. The minimum absolute atomic E-state index is 0. The number of fused-ring (bicyclic) bond motifs is 1. The number of nitrogens with zero attached hydrogens (tertiary/aromatic N) is 1. The van der Waals surface area contributed by atoms with Gasteiger partial charge in [0.1, 0.15) is 5.76 Å². The van der Waals surface area contributed by atoms with Crippen LogP contribution in [0.15, 0.2) is 33.2 Å². The van der Waals surface area contributed by atoms with Gasteiger partial charge in [-0.3, -0.25) is 0 Å². The van der Waals surface area contributed by atoms with Crippen molar-refractivity contribution in [1.29, 1.82) is 0 Å². The van der Waals surface area contributed by atoms with Gasteiger partial charge in [0, 0.05) is 29.5 Å². The number of oxazole rings is 1. The molecule has 2 heterocycles. The van der Waals surface area contributed by atoms with E-state index in [9.17, 15) is 0 Å². The zero-order chi connectivity index (χ0) is 11.0. The third-order valence-electron chi connectivity index (χ3n) is 2.69.